The fourth-order valence-electron chi connectivity index (χ4n) is 2.09. The molecular formula is C18H18N2O7. The number of non-ortho nitro benzene ring substituents is 1. The molecule has 0 aromatic heterocycles. The number of nitrogens with one attached hydrogen (secondary N) is 1. The van der Waals surface area contributed by atoms with Crippen LogP contribution in [0.4, 0.5) is 11.4 Å². The summed E-state index contributed by atoms with van der Waals surface area (Å²) in [5.74, 6) is -0.709. The fraction of sp³-hybridized carbons (Fsp3) is 0.222. The normalized spacial score (nSPS) is 11.2. The van der Waals surface area contributed by atoms with Crippen molar-refractivity contribution in [1.82, 2.24) is 0 Å². The molecule has 0 radical (unpaired) electrons. The monoisotopic (exact) mass is 374 g/mol. The molecule has 2 aromatic carbocycles. The van der Waals surface area contributed by atoms with E-state index in [1.807, 2.05) is 6.07 Å². The molecule has 9 nitrogen and oxygen atoms in total. The van der Waals surface area contributed by atoms with Crippen molar-refractivity contribution in [1.29, 1.82) is 0 Å². The zero-order valence-corrected chi connectivity index (χ0v) is 14.7. The summed E-state index contributed by atoms with van der Waals surface area (Å²) in [6, 6.07) is 12.5. The Balaban J connectivity index is 1.88. The first-order valence-corrected chi connectivity index (χ1v) is 7.91. The van der Waals surface area contributed by atoms with Crippen LogP contribution in [0.1, 0.15) is 6.92 Å². The molecule has 0 aliphatic heterocycles. The molecule has 9 heteroatoms. The number of amides is 1. The van der Waals surface area contributed by atoms with Crippen molar-refractivity contribution >= 4 is 23.3 Å². The summed E-state index contributed by atoms with van der Waals surface area (Å²) < 4.78 is 15.3. The molecule has 0 aliphatic rings. The predicted molar refractivity (Wildman–Crippen MR) is 95.8 cm³/mol. The molecule has 0 saturated carbocycles. The van der Waals surface area contributed by atoms with E-state index in [4.69, 9.17) is 14.2 Å². The third-order valence-corrected chi connectivity index (χ3v) is 3.40. The van der Waals surface area contributed by atoms with Gasteiger partial charge in [0.15, 0.2) is 12.7 Å². The number of nitro benzene ring substituents is 1. The molecular weight excluding hydrogens is 356 g/mol. The van der Waals surface area contributed by atoms with Gasteiger partial charge in [0.25, 0.3) is 11.6 Å². The van der Waals surface area contributed by atoms with Crippen molar-refractivity contribution in [2.24, 2.45) is 0 Å². The van der Waals surface area contributed by atoms with Crippen molar-refractivity contribution in [3.8, 4) is 11.5 Å². The first-order valence-electron chi connectivity index (χ1n) is 7.91. The van der Waals surface area contributed by atoms with Crippen LogP contribution in [0.25, 0.3) is 0 Å². The highest BCUT2D eigenvalue weighted by Crippen LogP contribution is 2.28. The van der Waals surface area contributed by atoms with Crippen LogP contribution in [-0.4, -0.2) is 36.6 Å². The topological polar surface area (TPSA) is 117 Å². The van der Waals surface area contributed by atoms with E-state index >= 15 is 0 Å². The van der Waals surface area contributed by atoms with Crippen LogP contribution < -0.4 is 14.8 Å². The fourth-order valence-corrected chi connectivity index (χ4v) is 2.09. The van der Waals surface area contributed by atoms with Crippen LogP contribution >= 0.6 is 0 Å². The number of nitro groups is 1. The zero-order valence-electron chi connectivity index (χ0n) is 14.7. The zero-order chi connectivity index (χ0) is 19.8. The van der Waals surface area contributed by atoms with Gasteiger partial charge in [-0.3, -0.25) is 14.9 Å². The smallest absolute Gasteiger partial charge is 0.347 e. The molecule has 0 bridgehead atoms. The molecule has 2 aromatic rings. The lowest BCUT2D eigenvalue weighted by molar-refractivity contribution is -0.384. The Labute approximate surface area is 155 Å². The van der Waals surface area contributed by atoms with Crippen LogP contribution in [0.15, 0.2) is 48.5 Å². The highest BCUT2D eigenvalue weighted by molar-refractivity contribution is 5.94. The van der Waals surface area contributed by atoms with Crippen LogP contribution in [0.5, 0.6) is 11.5 Å². The Morgan fingerprint density at radius 1 is 1.19 bits per heavy atom. The van der Waals surface area contributed by atoms with Gasteiger partial charge < -0.3 is 19.5 Å². The second kappa shape index (κ2) is 9.18. The molecule has 142 valence electrons. The summed E-state index contributed by atoms with van der Waals surface area (Å²) in [5.41, 5.74) is 0.0425. The Bertz CT molecular complexity index is 824. The minimum absolute atomic E-state index is 0.115. The number of anilines is 1. The van der Waals surface area contributed by atoms with Gasteiger partial charge in [-0.05, 0) is 25.1 Å². The van der Waals surface area contributed by atoms with Crippen molar-refractivity contribution in [2.75, 3.05) is 19.0 Å². The summed E-state index contributed by atoms with van der Waals surface area (Å²) in [6.45, 7) is 0.966. The second-order valence-electron chi connectivity index (χ2n) is 5.37. The molecule has 1 N–H and O–H groups in total. The molecule has 0 fully saturated rings. The lowest BCUT2D eigenvalue weighted by Gasteiger charge is -2.14. The van der Waals surface area contributed by atoms with Gasteiger partial charge in [-0.2, -0.15) is 0 Å². The maximum absolute atomic E-state index is 12.0. The lowest BCUT2D eigenvalue weighted by Crippen LogP contribution is -2.29. The standard InChI is InChI=1S/C18H18N2O7/c1-12(27-14-6-4-3-5-7-14)18(22)26-11-17(21)19-15-9-8-13(20(23)24)10-16(15)25-2/h3-10,12H,11H2,1-2H3,(H,19,21)/t12-/m1/s1. The number of esters is 1. The maximum Gasteiger partial charge on any atom is 0.347 e. The molecule has 0 unspecified atom stereocenters. The minimum Gasteiger partial charge on any atom is -0.494 e. The number of carbonyl (C=O) groups excluding carboxylic acids is 2. The molecule has 1 atom stereocenters. The maximum atomic E-state index is 12.0. The number of para-hydroxylation sites is 1. The molecule has 1 amide bonds. The van der Waals surface area contributed by atoms with Gasteiger partial charge in [0.05, 0.1) is 23.8 Å². The van der Waals surface area contributed by atoms with E-state index in [-0.39, 0.29) is 17.1 Å². The highest BCUT2D eigenvalue weighted by Gasteiger charge is 2.19. The Kier molecular flexibility index (Phi) is 6.70. The van der Waals surface area contributed by atoms with Crippen molar-refractivity contribution < 1.29 is 28.7 Å². The molecule has 27 heavy (non-hydrogen) atoms. The van der Waals surface area contributed by atoms with Crippen molar-refractivity contribution in [3.05, 3.63) is 58.6 Å². The van der Waals surface area contributed by atoms with Gasteiger partial charge in [-0.25, -0.2) is 4.79 Å². The van der Waals surface area contributed by atoms with Gasteiger partial charge in [-0.15, -0.1) is 0 Å². The third-order valence-electron chi connectivity index (χ3n) is 3.40. The van der Waals surface area contributed by atoms with Gasteiger partial charge >= 0.3 is 5.97 Å². The van der Waals surface area contributed by atoms with E-state index in [9.17, 15) is 19.7 Å². The van der Waals surface area contributed by atoms with E-state index in [0.717, 1.165) is 0 Å². The SMILES string of the molecule is COc1cc([N+](=O)[O-])ccc1NC(=O)COC(=O)[C@@H](C)Oc1ccccc1. The number of hydrogen-bond acceptors (Lipinski definition) is 7. The van der Waals surface area contributed by atoms with Crippen molar-refractivity contribution in [3.63, 3.8) is 0 Å². The van der Waals surface area contributed by atoms with Crippen LogP contribution in [0.3, 0.4) is 0 Å². The van der Waals surface area contributed by atoms with Crippen molar-refractivity contribution in [2.45, 2.75) is 13.0 Å². The van der Waals surface area contributed by atoms with Crippen LogP contribution in [0.2, 0.25) is 0 Å². The summed E-state index contributed by atoms with van der Waals surface area (Å²) >= 11 is 0. The summed E-state index contributed by atoms with van der Waals surface area (Å²) in [4.78, 5) is 34.1. The van der Waals surface area contributed by atoms with Gasteiger partial charge in [0.2, 0.25) is 0 Å². The lowest BCUT2D eigenvalue weighted by atomic mass is 10.2. The minimum atomic E-state index is -0.894. The molecule has 2 rings (SSSR count). The largest absolute Gasteiger partial charge is 0.494 e. The quantitative estimate of drug-likeness (QED) is 0.429. The number of benzene rings is 2. The van der Waals surface area contributed by atoms with E-state index in [1.165, 1.54) is 32.2 Å². The number of methoxy groups -OCH3 is 1. The van der Waals surface area contributed by atoms with Gasteiger partial charge in [0.1, 0.15) is 11.5 Å². The first-order chi connectivity index (χ1) is 12.9. The number of carbonyl (C=O) groups is 2. The molecule has 0 heterocycles. The molecule has 0 spiro atoms. The number of ether oxygens (including phenoxy) is 3. The van der Waals surface area contributed by atoms with Crippen LogP contribution in [0, 0.1) is 10.1 Å². The Hall–Kier alpha value is -3.62. The summed E-state index contributed by atoms with van der Waals surface area (Å²) in [7, 11) is 1.32. The first kappa shape index (κ1) is 19.7. The van der Waals surface area contributed by atoms with E-state index in [1.54, 1.807) is 24.3 Å². The highest BCUT2D eigenvalue weighted by atomic mass is 16.6. The van der Waals surface area contributed by atoms with Crippen LogP contribution in [-0.2, 0) is 14.3 Å². The number of nitrogens with zero attached hydrogens (tertiary/aromatic N) is 1. The molecule has 0 aliphatic carbocycles. The van der Waals surface area contributed by atoms with E-state index in [2.05, 4.69) is 5.32 Å². The summed E-state index contributed by atoms with van der Waals surface area (Å²) in [6.07, 6.45) is -0.894. The average molecular weight is 374 g/mol. The Morgan fingerprint density at radius 3 is 2.52 bits per heavy atom. The number of rotatable bonds is 8. The second-order valence-corrected chi connectivity index (χ2v) is 5.37. The van der Waals surface area contributed by atoms with E-state index in [0.29, 0.717) is 5.75 Å². The number of hydrogen-bond donors (Lipinski definition) is 1. The Morgan fingerprint density at radius 2 is 1.89 bits per heavy atom. The average Bonchev–Trinajstić information content (AvgIpc) is 2.66. The van der Waals surface area contributed by atoms with E-state index < -0.39 is 29.5 Å². The summed E-state index contributed by atoms with van der Waals surface area (Å²) in [5, 5.41) is 13.2. The molecule has 0 saturated heterocycles. The van der Waals surface area contributed by atoms with Gasteiger partial charge in [-0.1, -0.05) is 18.2 Å². The third kappa shape index (κ3) is 5.70. The van der Waals surface area contributed by atoms with Gasteiger partial charge in [0, 0.05) is 6.07 Å². The predicted octanol–water partition coefficient (Wildman–Crippen LogP) is 2.55.